The van der Waals surface area contributed by atoms with Gasteiger partial charge in [0.15, 0.2) is 0 Å². The molecule has 0 radical (unpaired) electrons. The van der Waals surface area contributed by atoms with Crippen molar-refractivity contribution in [2.45, 2.75) is 13.3 Å². The van der Waals surface area contributed by atoms with Crippen LogP contribution in [0.5, 0.6) is 0 Å². The summed E-state index contributed by atoms with van der Waals surface area (Å²) in [7, 11) is 0. The second-order valence-electron chi connectivity index (χ2n) is 3.45. The first kappa shape index (κ1) is 13.1. The van der Waals surface area contributed by atoms with Crippen LogP contribution >= 0.6 is 15.9 Å². The molecule has 1 rings (SSSR count). The van der Waals surface area contributed by atoms with E-state index >= 15 is 0 Å². The molecule has 0 saturated carbocycles. The first-order valence-corrected chi connectivity index (χ1v) is 5.83. The Bertz CT molecular complexity index is 380. The summed E-state index contributed by atoms with van der Waals surface area (Å²) in [6.45, 7) is 2.17. The number of rotatable bonds is 4. The molecule has 16 heavy (non-hydrogen) atoms. The summed E-state index contributed by atoms with van der Waals surface area (Å²) in [6.07, 6.45) is 0.662. The van der Waals surface area contributed by atoms with E-state index in [2.05, 4.69) is 21.2 Å². The van der Waals surface area contributed by atoms with Gasteiger partial charge in [-0.1, -0.05) is 6.92 Å². The van der Waals surface area contributed by atoms with Crippen LogP contribution < -0.4 is 11.1 Å². The van der Waals surface area contributed by atoms with Crippen LogP contribution in [0, 0.1) is 11.7 Å². The van der Waals surface area contributed by atoms with Crippen molar-refractivity contribution in [3.8, 4) is 0 Å². The number of benzene rings is 1. The van der Waals surface area contributed by atoms with Crippen molar-refractivity contribution in [1.29, 1.82) is 0 Å². The van der Waals surface area contributed by atoms with Crippen molar-refractivity contribution in [1.82, 2.24) is 0 Å². The molecule has 0 heterocycles. The van der Waals surface area contributed by atoms with Gasteiger partial charge in [-0.2, -0.15) is 0 Å². The first-order chi connectivity index (χ1) is 7.58. The van der Waals surface area contributed by atoms with Gasteiger partial charge < -0.3 is 11.1 Å². The highest BCUT2D eigenvalue weighted by Crippen LogP contribution is 2.23. The summed E-state index contributed by atoms with van der Waals surface area (Å²) in [4.78, 5) is 11.7. The third-order valence-electron chi connectivity index (χ3n) is 2.33. The molecule has 0 aliphatic heterocycles. The van der Waals surface area contributed by atoms with Gasteiger partial charge in [-0.3, -0.25) is 4.79 Å². The molecule has 1 unspecified atom stereocenters. The number of anilines is 1. The quantitative estimate of drug-likeness (QED) is 0.894. The van der Waals surface area contributed by atoms with Crippen LogP contribution in [0.25, 0.3) is 0 Å². The summed E-state index contributed by atoms with van der Waals surface area (Å²) in [5.74, 6) is -0.814. The molecule has 1 aromatic rings. The Labute approximate surface area is 102 Å². The topological polar surface area (TPSA) is 55.1 Å². The summed E-state index contributed by atoms with van der Waals surface area (Å²) in [6, 6.07) is 4.14. The smallest absolute Gasteiger partial charge is 0.228 e. The number of amides is 1. The van der Waals surface area contributed by atoms with Gasteiger partial charge in [0.1, 0.15) is 5.82 Å². The van der Waals surface area contributed by atoms with Gasteiger partial charge in [-0.15, -0.1) is 0 Å². The predicted molar refractivity (Wildman–Crippen MR) is 65.6 cm³/mol. The lowest BCUT2D eigenvalue weighted by Gasteiger charge is -2.13. The third-order valence-corrected chi connectivity index (χ3v) is 3.03. The van der Waals surface area contributed by atoms with Gasteiger partial charge in [0, 0.05) is 11.0 Å². The molecule has 0 fully saturated rings. The molecule has 1 amide bonds. The molecule has 0 bridgehead atoms. The Morgan fingerprint density at radius 1 is 1.62 bits per heavy atom. The maximum atomic E-state index is 13.0. The lowest BCUT2D eigenvalue weighted by atomic mass is 10.1. The van der Waals surface area contributed by atoms with Crippen LogP contribution in [-0.4, -0.2) is 12.5 Å². The minimum absolute atomic E-state index is 0.184. The van der Waals surface area contributed by atoms with Crippen molar-refractivity contribution >= 4 is 27.5 Å². The Kier molecular flexibility index (Phi) is 4.89. The molecular formula is C11H14BrFN2O. The monoisotopic (exact) mass is 288 g/mol. The fourth-order valence-electron chi connectivity index (χ4n) is 1.29. The number of carbonyl (C=O) groups is 1. The minimum Gasteiger partial charge on any atom is -0.330 e. The van der Waals surface area contributed by atoms with Crippen LogP contribution in [0.15, 0.2) is 22.7 Å². The highest BCUT2D eigenvalue weighted by atomic mass is 79.9. The fourth-order valence-corrected chi connectivity index (χ4v) is 1.63. The molecule has 0 aliphatic carbocycles. The first-order valence-electron chi connectivity index (χ1n) is 5.04. The van der Waals surface area contributed by atoms with E-state index in [1.165, 1.54) is 12.1 Å². The van der Waals surface area contributed by atoms with Crippen molar-refractivity contribution in [2.24, 2.45) is 11.7 Å². The molecule has 0 aromatic heterocycles. The SMILES string of the molecule is CCC(CN)C(=O)Nc1cc(F)ccc1Br. The van der Waals surface area contributed by atoms with E-state index in [0.717, 1.165) is 0 Å². The molecule has 88 valence electrons. The van der Waals surface area contributed by atoms with E-state index in [1.54, 1.807) is 6.07 Å². The summed E-state index contributed by atoms with van der Waals surface area (Å²) < 4.78 is 13.6. The number of nitrogens with two attached hydrogens (primary N) is 1. The van der Waals surface area contributed by atoms with Crippen molar-refractivity contribution in [2.75, 3.05) is 11.9 Å². The zero-order valence-corrected chi connectivity index (χ0v) is 10.6. The fraction of sp³-hybridized carbons (Fsp3) is 0.364. The molecule has 0 saturated heterocycles. The summed E-state index contributed by atoms with van der Waals surface area (Å²) >= 11 is 3.24. The van der Waals surface area contributed by atoms with Gasteiger partial charge >= 0.3 is 0 Å². The molecular weight excluding hydrogens is 275 g/mol. The minimum atomic E-state index is -0.390. The van der Waals surface area contributed by atoms with Gasteiger partial charge in [0.25, 0.3) is 0 Å². The van der Waals surface area contributed by atoms with Crippen molar-refractivity contribution in [3.63, 3.8) is 0 Å². The maximum absolute atomic E-state index is 13.0. The van der Waals surface area contributed by atoms with E-state index in [0.29, 0.717) is 16.6 Å². The highest BCUT2D eigenvalue weighted by molar-refractivity contribution is 9.10. The lowest BCUT2D eigenvalue weighted by molar-refractivity contribution is -0.119. The zero-order valence-electron chi connectivity index (χ0n) is 8.97. The van der Waals surface area contributed by atoms with E-state index in [1.807, 2.05) is 6.92 Å². The average molecular weight is 289 g/mol. The Morgan fingerprint density at radius 3 is 2.88 bits per heavy atom. The average Bonchev–Trinajstić information content (AvgIpc) is 2.25. The normalized spacial score (nSPS) is 12.2. The van der Waals surface area contributed by atoms with E-state index in [4.69, 9.17) is 5.73 Å². The van der Waals surface area contributed by atoms with Crippen LogP contribution in [-0.2, 0) is 4.79 Å². The van der Waals surface area contributed by atoms with Gasteiger partial charge in [0.05, 0.1) is 11.6 Å². The number of nitrogens with one attached hydrogen (secondary N) is 1. The van der Waals surface area contributed by atoms with Crippen LogP contribution in [0.1, 0.15) is 13.3 Å². The second-order valence-corrected chi connectivity index (χ2v) is 4.31. The summed E-state index contributed by atoms with van der Waals surface area (Å²) in [5.41, 5.74) is 5.89. The van der Waals surface area contributed by atoms with Crippen LogP contribution in [0.3, 0.4) is 0 Å². The van der Waals surface area contributed by atoms with Crippen molar-refractivity contribution < 1.29 is 9.18 Å². The Balaban J connectivity index is 2.80. The highest BCUT2D eigenvalue weighted by Gasteiger charge is 2.15. The molecule has 1 aromatic carbocycles. The lowest BCUT2D eigenvalue weighted by Crippen LogP contribution is -2.28. The predicted octanol–water partition coefficient (Wildman–Crippen LogP) is 2.51. The molecule has 1 atom stereocenters. The van der Waals surface area contributed by atoms with Gasteiger partial charge in [-0.25, -0.2) is 4.39 Å². The van der Waals surface area contributed by atoms with Gasteiger partial charge in [0.2, 0.25) is 5.91 Å². The van der Waals surface area contributed by atoms with Crippen molar-refractivity contribution in [3.05, 3.63) is 28.5 Å². The van der Waals surface area contributed by atoms with E-state index < -0.39 is 0 Å². The molecule has 0 aliphatic rings. The molecule has 3 nitrogen and oxygen atoms in total. The summed E-state index contributed by atoms with van der Waals surface area (Å²) in [5, 5.41) is 2.65. The Morgan fingerprint density at radius 2 is 2.31 bits per heavy atom. The third kappa shape index (κ3) is 3.28. The van der Waals surface area contributed by atoms with E-state index in [9.17, 15) is 9.18 Å². The maximum Gasteiger partial charge on any atom is 0.228 e. The number of carbonyl (C=O) groups excluding carboxylic acids is 1. The van der Waals surface area contributed by atoms with Crippen LogP contribution in [0.2, 0.25) is 0 Å². The molecule has 0 spiro atoms. The van der Waals surface area contributed by atoms with Gasteiger partial charge in [-0.05, 0) is 40.5 Å². The van der Waals surface area contributed by atoms with Crippen LogP contribution in [0.4, 0.5) is 10.1 Å². The second kappa shape index (κ2) is 5.96. The number of hydrogen-bond acceptors (Lipinski definition) is 2. The standard InChI is InChI=1S/C11H14BrFN2O/c1-2-7(6-14)11(16)15-10-5-8(13)3-4-9(10)12/h3-5,7H,2,6,14H2,1H3,(H,15,16). The number of hydrogen-bond donors (Lipinski definition) is 2. The number of halogens is 2. The largest absolute Gasteiger partial charge is 0.330 e. The van der Waals surface area contributed by atoms with E-state index in [-0.39, 0.29) is 24.2 Å². The zero-order chi connectivity index (χ0) is 12.1. The molecule has 5 heteroatoms. The molecule has 3 N–H and O–H groups in total. The Hall–Kier alpha value is -0.940.